The number of carboxylic acids is 1. The summed E-state index contributed by atoms with van der Waals surface area (Å²) in [4.78, 5) is 35.9. The number of hydrogen-bond acceptors (Lipinski definition) is 4. The Kier molecular flexibility index (Phi) is 6.02. The number of hydrogen-bond donors (Lipinski definition) is 3. The van der Waals surface area contributed by atoms with Gasteiger partial charge >= 0.3 is 12.1 Å². The fourth-order valence-electron chi connectivity index (χ4n) is 5.43. The van der Waals surface area contributed by atoms with Crippen LogP contribution in [-0.4, -0.2) is 42.8 Å². The number of fused-ring (bicyclic) bond motifs is 3. The molecule has 2 aromatic carbocycles. The molecule has 0 heterocycles. The molecule has 2 atom stereocenters. The number of ether oxygens (including phenoxy) is 1. The van der Waals surface area contributed by atoms with Crippen LogP contribution in [0.5, 0.6) is 0 Å². The van der Waals surface area contributed by atoms with Crippen molar-refractivity contribution in [3.8, 4) is 11.1 Å². The third-order valence-electron chi connectivity index (χ3n) is 7.70. The lowest BCUT2D eigenvalue weighted by atomic mass is 9.66. The van der Waals surface area contributed by atoms with Crippen LogP contribution in [0, 0.1) is 17.3 Å². The van der Waals surface area contributed by atoms with E-state index in [1.54, 1.807) is 0 Å². The average Bonchev–Trinajstić information content (AvgIpc) is 3.54. The Morgan fingerprint density at radius 1 is 0.971 bits per heavy atom. The summed E-state index contributed by atoms with van der Waals surface area (Å²) < 4.78 is 5.62. The number of benzene rings is 2. The molecule has 0 unspecified atom stereocenters. The molecule has 7 heteroatoms. The maximum atomic E-state index is 12.5. The second kappa shape index (κ2) is 9.12. The lowest BCUT2D eigenvalue weighted by molar-refractivity contribution is -0.139. The minimum absolute atomic E-state index is 0.0126. The molecule has 2 amide bonds. The molecule has 0 aromatic heterocycles. The van der Waals surface area contributed by atoms with E-state index in [1.165, 1.54) is 22.3 Å². The Labute approximate surface area is 198 Å². The van der Waals surface area contributed by atoms with E-state index >= 15 is 0 Å². The van der Waals surface area contributed by atoms with Crippen molar-refractivity contribution in [1.29, 1.82) is 0 Å². The number of rotatable bonds is 9. The fraction of sp³-hybridized carbons (Fsp3) is 0.444. The Hall–Kier alpha value is -3.35. The molecule has 0 saturated heterocycles. The molecule has 3 N–H and O–H groups in total. The van der Waals surface area contributed by atoms with Gasteiger partial charge in [-0.25, -0.2) is 4.79 Å². The highest BCUT2D eigenvalue weighted by Crippen LogP contribution is 2.45. The summed E-state index contributed by atoms with van der Waals surface area (Å²) in [5, 5.41) is 14.7. The van der Waals surface area contributed by atoms with Gasteiger partial charge in [0.2, 0.25) is 5.91 Å². The molecule has 34 heavy (non-hydrogen) atoms. The first kappa shape index (κ1) is 22.4. The van der Waals surface area contributed by atoms with E-state index in [0.717, 1.165) is 19.3 Å². The van der Waals surface area contributed by atoms with Gasteiger partial charge in [0, 0.05) is 25.4 Å². The Bertz CT molecular complexity index is 1060. The average molecular weight is 463 g/mol. The first-order chi connectivity index (χ1) is 16.5. The highest BCUT2D eigenvalue weighted by molar-refractivity contribution is 5.79. The second-order valence-corrected chi connectivity index (χ2v) is 9.95. The van der Waals surface area contributed by atoms with Gasteiger partial charge in [0.25, 0.3) is 0 Å². The summed E-state index contributed by atoms with van der Waals surface area (Å²) in [7, 11) is 0. The van der Waals surface area contributed by atoms with E-state index in [9.17, 15) is 14.4 Å². The van der Waals surface area contributed by atoms with E-state index in [-0.39, 0.29) is 35.7 Å². The van der Waals surface area contributed by atoms with Crippen LogP contribution in [0.2, 0.25) is 0 Å². The molecule has 0 bridgehead atoms. The van der Waals surface area contributed by atoms with E-state index < -0.39 is 12.1 Å². The second-order valence-electron chi connectivity index (χ2n) is 9.95. The summed E-state index contributed by atoms with van der Waals surface area (Å²) in [6.45, 7) is 1.07. The summed E-state index contributed by atoms with van der Waals surface area (Å²) in [5.74, 6) is -1.14. The van der Waals surface area contributed by atoms with Gasteiger partial charge in [-0.2, -0.15) is 0 Å². The van der Waals surface area contributed by atoms with Crippen LogP contribution in [0.3, 0.4) is 0 Å². The minimum atomic E-state index is -0.790. The van der Waals surface area contributed by atoms with Crippen molar-refractivity contribution >= 4 is 18.0 Å². The van der Waals surface area contributed by atoms with Crippen LogP contribution in [0.15, 0.2) is 48.5 Å². The predicted molar refractivity (Wildman–Crippen MR) is 126 cm³/mol. The maximum Gasteiger partial charge on any atom is 0.407 e. The Morgan fingerprint density at radius 3 is 2.18 bits per heavy atom. The van der Waals surface area contributed by atoms with Gasteiger partial charge in [-0.05, 0) is 52.8 Å². The fourth-order valence-corrected chi connectivity index (χ4v) is 5.43. The number of alkyl carbamates (subject to hydrolysis) is 1. The molecular weight excluding hydrogens is 432 g/mol. The van der Waals surface area contributed by atoms with Crippen molar-refractivity contribution in [2.45, 2.75) is 38.0 Å². The van der Waals surface area contributed by atoms with Crippen LogP contribution in [0.1, 0.15) is 49.1 Å². The monoisotopic (exact) mass is 462 g/mol. The minimum Gasteiger partial charge on any atom is -0.481 e. The van der Waals surface area contributed by atoms with Crippen molar-refractivity contribution < 1.29 is 24.2 Å². The Balaban J connectivity index is 1.11. The standard InChI is InChI=1S/C27H30N2O5/c30-24(28-14-17-12-22(17)25(31)32)13-27(10-5-11-27)16-29-26(33)34-15-23-20-8-3-1-6-18(20)19-7-2-4-9-21(19)23/h1-4,6-9,17,22-23H,5,10-16H2,(H,28,30)(H,29,33)(H,31,32)/t17-,22-/m0/s1. The first-order valence-electron chi connectivity index (χ1n) is 12.0. The van der Waals surface area contributed by atoms with Gasteiger partial charge in [-0.3, -0.25) is 9.59 Å². The van der Waals surface area contributed by atoms with Crippen LogP contribution in [-0.2, 0) is 14.3 Å². The molecule has 178 valence electrons. The number of nitrogens with one attached hydrogen (secondary N) is 2. The maximum absolute atomic E-state index is 12.5. The molecule has 3 aliphatic carbocycles. The van der Waals surface area contributed by atoms with Crippen LogP contribution in [0.4, 0.5) is 4.79 Å². The van der Waals surface area contributed by atoms with Crippen LogP contribution < -0.4 is 10.6 Å². The Morgan fingerprint density at radius 2 is 1.62 bits per heavy atom. The smallest absolute Gasteiger partial charge is 0.407 e. The molecule has 3 aliphatic rings. The van der Waals surface area contributed by atoms with E-state index in [1.807, 2.05) is 24.3 Å². The molecule has 0 radical (unpaired) electrons. The summed E-state index contributed by atoms with van der Waals surface area (Å²) >= 11 is 0. The summed E-state index contributed by atoms with van der Waals surface area (Å²) in [6, 6.07) is 16.4. The molecule has 7 nitrogen and oxygen atoms in total. The van der Waals surface area contributed by atoms with E-state index in [0.29, 0.717) is 25.9 Å². The quantitative estimate of drug-likeness (QED) is 0.524. The number of carboxylic acid groups (broad SMARTS) is 1. The number of carbonyl (C=O) groups is 3. The molecule has 5 rings (SSSR count). The molecule has 2 saturated carbocycles. The zero-order valence-electron chi connectivity index (χ0n) is 19.1. The van der Waals surface area contributed by atoms with Crippen molar-refractivity contribution in [3.05, 3.63) is 59.7 Å². The predicted octanol–water partition coefficient (Wildman–Crippen LogP) is 3.92. The van der Waals surface area contributed by atoms with Gasteiger partial charge < -0.3 is 20.5 Å². The van der Waals surface area contributed by atoms with Crippen molar-refractivity contribution in [2.75, 3.05) is 19.7 Å². The number of aliphatic carboxylic acids is 1. The van der Waals surface area contributed by atoms with E-state index in [4.69, 9.17) is 9.84 Å². The molecule has 0 spiro atoms. The van der Waals surface area contributed by atoms with Gasteiger partial charge in [0.05, 0.1) is 5.92 Å². The topological polar surface area (TPSA) is 105 Å². The highest BCUT2D eigenvalue weighted by atomic mass is 16.5. The van der Waals surface area contributed by atoms with E-state index in [2.05, 4.69) is 34.9 Å². The zero-order chi connectivity index (χ0) is 23.7. The zero-order valence-corrected chi connectivity index (χ0v) is 19.1. The summed E-state index contributed by atoms with van der Waals surface area (Å²) in [6.07, 6.45) is 3.29. The van der Waals surface area contributed by atoms with Gasteiger partial charge in [0.1, 0.15) is 6.61 Å². The molecule has 0 aliphatic heterocycles. The summed E-state index contributed by atoms with van der Waals surface area (Å²) in [5.41, 5.74) is 4.47. The van der Waals surface area contributed by atoms with Crippen LogP contribution >= 0.6 is 0 Å². The normalized spacial score (nSPS) is 21.5. The third-order valence-corrected chi connectivity index (χ3v) is 7.70. The highest BCUT2D eigenvalue weighted by Gasteiger charge is 2.44. The van der Waals surface area contributed by atoms with Gasteiger partial charge in [-0.1, -0.05) is 55.0 Å². The number of carbonyl (C=O) groups excluding carboxylic acids is 2. The van der Waals surface area contributed by atoms with Crippen molar-refractivity contribution in [2.24, 2.45) is 17.3 Å². The SMILES string of the molecule is O=C(CC1(CNC(=O)OCC2c3ccccc3-c3ccccc32)CCC1)NC[C@@H]1C[C@@H]1C(=O)O. The molecular formula is C27H30N2O5. The third kappa shape index (κ3) is 4.52. The van der Waals surface area contributed by atoms with Crippen LogP contribution in [0.25, 0.3) is 11.1 Å². The largest absolute Gasteiger partial charge is 0.481 e. The van der Waals surface area contributed by atoms with Crippen molar-refractivity contribution in [1.82, 2.24) is 10.6 Å². The van der Waals surface area contributed by atoms with Gasteiger partial charge in [-0.15, -0.1) is 0 Å². The van der Waals surface area contributed by atoms with Gasteiger partial charge in [0.15, 0.2) is 0 Å². The molecule has 2 fully saturated rings. The first-order valence-corrected chi connectivity index (χ1v) is 12.0. The van der Waals surface area contributed by atoms with Crippen molar-refractivity contribution in [3.63, 3.8) is 0 Å². The number of amides is 2. The lowest BCUT2D eigenvalue weighted by Crippen LogP contribution is -2.45. The molecule has 2 aromatic rings. The lowest BCUT2D eigenvalue weighted by Gasteiger charge is -2.41.